The SMILES string of the molecule is CCOc1cccnc1C(C)C. The molecule has 2 nitrogen and oxygen atoms in total. The van der Waals surface area contributed by atoms with Gasteiger partial charge >= 0.3 is 0 Å². The summed E-state index contributed by atoms with van der Waals surface area (Å²) in [5.74, 6) is 1.34. The Kier molecular flexibility index (Phi) is 3.09. The van der Waals surface area contributed by atoms with Crippen molar-refractivity contribution in [2.75, 3.05) is 6.61 Å². The van der Waals surface area contributed by atoms with E-state index < -0.39 is 0 Å². The highest BCUT2D eigenvalue weighted by molar-refractivity contribution is 5.28. The maximum Gasteiger partial charge on any atom is 0.141 e. The summed E-state index contributed by atoms with van der Waals surface area (Å²) in [6.07, 6.45) is 1.80. The van der Waals surface area contributed by atoms with E-state index in [1.54, 1.807) is 6.20 Å². The van der Waals surface area contributed by atoms with E-state index in [0.717, 1.165) is 11.4 Å². The van der Waals surface area contributed by atoms with Gasteiger partial charge in [-0.1, -0.05) is 13.8 Å². The van der Waals surface area contributed by atoms with Crippen LogP contribution < -0.4 is 4.74 Å². The summed E-state index contributed by atoms with van der Waals surface area (Å²) >= 11 is 0. The number of rotatable bonds is 3. The fourth-order valence-electron chi connectivity index (χ4n) is 1.11. The molecule has 0 atom stereocenters. The van der Waals surface area contributed by atoms with Crippen molar-refractivity contribution in [1.29, 1.82) is 0 Å². The Labute approximate surface area is 73.6 Å². The number of hydrogen-bond donors (Lipinski definition) is 0. The first kappa shape index (κ1) is 9.04. The second-order valence-electron chi connectivity index (χ2n) is 2.97. The fourth-order valence-corrected chi connectivity index (χ4v) is 1.11. The topological polar surface area (TPSA) is 22.1 Å². The van der Waals surface area contributed by atoms with Crippen molar-refractivity contribution in [1.82, 2.24) is 4.98 Å². The molecule has 0 aliphatic rings. The number of aromatic nitrogens is 1. The standard InChI is InChI=1S/C10H15NO/c1-4-12-9-6-5-7-11-10(9)8(2)3/h5-8H,4H2,1-3H3. The average molecular weight is 165 g/mol. The molecule has 1 aromatic rings. The first-order valence-corrected chi connectivity index (χ1v) is 4.33. The minimum absolute atomic E-state index is 0.424. The Bertz CT molecular complexity index is 245. The molecule has 0 bridgehead atoms. The molecule has 0 aromatic carbocycles. The molecular formula is C10H15NO. The van der Waals surface area contributed by atoms with Gasteiger partial charge in [0.2, 0.25) is 0 Å². The summed E-state index contributed by atoms with van der Waals surface area (Å²) in [4.78, 5) is 4.27. The van der Waals surface area contributed by atoms with Gasteiger partial charge in [0.15, 0.2) is 0 Å². The van der Waals surface area contributed by atoms with Gasteiger partial charge in [-0.2, -0.15) is 0 Å². The summed E-state index contributed by atoms with van der Waals surface area (Å²) in [6, 6.07) is 3.86. The van der Waals surface area contributed by atoms with Crippen molar-refractivity contribution < 1.29 is 4.74 Å². The van der Waals surface area contributed by atoms with Gasteiger partial charge in [-0.05, 0) is 25.0 Å². The molecule has 66 valence electrons. The molecular weight excluding hydrogens is 150 g/mol. The maximum absolute atomic E-state index is 5.44. The van der Waals surface area contributed by atoms with E-state index in [-0.39, 0.29) is 0 Å². The van der Waals surface area contributed by atoms with Crippen molar-refractivity contribution in [2.45, 2.75) is 26.7 Å². The first-order chi connectivity index (χ1) is 5.75. The molecule has 0 radical (unpaired) electrons. The molecule has 0 aliphatic carbocycles. The van der Waals surface area contributed by atoms with Crippen molar-refractivity contribution in [3.05, 3.63) is 24.0 Å². The van der Waals surface area contributed by atoms with Gasteiger partial charge in [-0.15, -0.1) is 0 Å². The van der Waals surface area contributed by atoms with Crippen molar-refractivity contribution in [3.8, 4) is 5.75 Å². The average Bonchev–Trinajstić information content (AvgIpc) is 2.05. The second kappa shape index (κ2) is 4.10. The first-order valence-electron chi connectivity index (χ1n) is 4.33. The van der Waals surface area contributed by atoms with Crippen molar-refractivity contribution in [3.63, 3.8) is 0 Å². The molecule has 0 N–H and O–H groups in total. The van der Waals surface area contributed by atoms with Gasteiger partial charge in [0.05, 0.1) is 12.3 Å². The fraction of sp³-hybridized carbons (Fsp3) is 0.500. The molecule has 0 saturated heterocycles. The Balaban J connectivity index is 2.92. The molecule has 1 rings (SSSR count). The van der Waals surface area contributed by atoms with E-state index in [2.05, 4.69) is 18.8 Å². The highest BCUT2D eigenvalue weighted by Gasteiger charge is 2.06. The normalized spacial score (nSPS) is 10.3. The smallest absolute Gasteiger partial charge is 0.141 e. The highest BCUT2D eigenvalue weighted by Crippen LogP contribution is 2.22. The van der Waals surface area contributed by atoms with Crippen LogP contribution in [0.15, 0.2) is 18.3 Å². The summed E-state index contributed by atoms with van der Waals surface area (Å²) < 4.78 is 5.44. The predicted molar refractivity (Wildman–Crippen MR) is 49.5 cm³/mol. The Hall–Kier alpha value is -1.05. The lowest BCUT2D eigenvalue weighted by atomic mass is 10.1. The monoisotopic (exact) mass is 165 g/mol. The van der Waals surface area contributed by atoms with Crippen LogP contribution >= 0.6 is 0 Å². The zero-order valence-electron chi connectivity index (χ0n) is 7.87. The summed E-state index contributed by atoms with van der Waals surface area (Å²) in [5, 5.41) is 0. The molecule has 0 saturated carbocycles. The maximum atomic E-state index is 5.44. The molecule has 2 heteroatoms. The van der Waals surface area contributed by atoms with Gasteiger partial charge in [0.25, 0.3) is 0 Å². The lowest BCUT2D eigenvalue weighted by Gasteiger charge is -2.10. The van der Waals surface area contributed by atoms with E-state index >= 15 is 0 Å². The van der Waals surface area contributed by atoms with Crippen LogP contribution in [0, 0.1) is 0 Å². The predicted octanol–water partition coefficient (Wildman–Crippen LogP) is 2.60. The van der Waals surface area contributed by atoms with Gasteiger partial charge in [0, 0.05) is 6.20 Å². The van der Waals surface area contributed by atoms with Gasteiger partial charge in [0.1, 0.15) is 5.75 Å². The second-order valence-corrected chi connectivity index (χ2v) is 2.97. The lowest BCUT2D eigenvalue weighted by molar-refractivity contribution is 0.333. The highest BCUT2D eigenvalue weighted by atomic mass is 16.5. The molecule has 0 amide bonds. The summed E-state index contributed by atoms with van der Waals surface area (Å²) in [5.41, 5.74) is 1.04. The molecule has 0 aliphatic heterocycles. The summed E-state index contributed by atoms with van der Waals surface area (Å²) in [7, 11) is 0. The van der Waals surface area contributed by atoms with Crippen LogP contribution in [0.25, 0.3) is 0 Å². The number of hydrogen-bond acceptors (Lipinski definition) is 2. The van der Waals surface area contributed by atoms with Crippen LogP contribution in [0.3, 0.4) is 0 Å². The zero-order chi connectivity index (χ0) is 8.97. The van der Waals surface area contributed by atoms with Gasteiger partial charge in [-0.25, -0.2) is 0 Å². The van der Waals surface area contributed by atoms with Crippen LogP contribution in [0.5, 0.6) is 5.75 Å². The van der Waals surface area contributed by atoms with Crippen LogP contribution in [0.1, 0.15) is 32.4 Å². The van der Waals surface area contributed by atoms with Crippen LogP contribution in [-0.4, -0.2) is 11.6 Å². The minimum Gasteiger partial charge on any atom is -0.492 e. The molecule has 0 spiro atoms. The molecule has 0 unspecified atom stereocenters. The van der Waals surface area contributed by atoms with Crippen LogP contribution in [0.4, 0.5) is 0 Å². The largest absolute Gasteiger partial charge is 0.492 e. The van der Waals surface area contributed by atoms with E-state index in [9.17, 15) is 0 Å². The van der Waals surface area contributed by atoms with Crippen LogP contribution in [0.2, 0.25) is 0 Å². The zero-order valence-corrected chi connectivity index (χ0v) is 7.87. The van der Waals surface area contributed by atoms with Crippen molar-refractivity contribution in [2.24, 2.45) is 0 Å². The van der Waals surface area contributed by atoms with Gasteiger partial charge < -0.3 is 4.74 Å². The summed E-state index contributed by atoms with van der Waals surface area (Å²) in [6.45, 7) is 6.91. The number of pyridine rings is 1. The Morgan fingerprint density at radius 2 is 2.25 bits per heavy atom. The van der Waals surface area contributed by atoms with Gasteiger partial charge in [-0.3, -0.25) is 4.98 Å². The lowest BCUT2D eigenvalue weighted by Crippen LogP contribution is -1.99. The van der Waals surface area contributed by atoms with Crippen molar-refractivity contribution >= 4 is 0 Å². The van der Waals surface area contributed by atoms with E-state index in [4.69, 9.17) is 4.74 Å². The number of nitrogens with zero attached hydrogens (tertiary/aromatic N) is 1. The van der Waals surface area contributed by atoms with E-state index in [1.165, 1.54) is 0 Å². The minimum atomic E-state index is 0.424. The third-order valence-electron chi connectivity index (χ3n) is 1.65. The molecule has 1 aromatic heterocycles. The van der Waals surface area contributed by atoms with E-state index in [1.807, 2.05) is 19.1 Å². The Morgan fingerprint density at radius 3 is 2.83 bits per heavy atom. The van der Waals surface area contributed by atoms with Crippen LogP contribution in [-0.2, 0) is 0 Å². The third-order valence-corrected chi connectivity index (χ3v) is 1.65. The number of ether oxygens (including phenoxy) is 1. The van der Waals surface area contributed by atoms with E-state index in [0.29, 0.717) is 12.5 Å². The molecule has 12 heavy (non-hydrogen) atoms. The quantitative estimate of drug-likeness (QED) is 0.686. The molecule has 1 heterocycles. The Morgan fingerprint density at radius 1 is 1.50 bits per heavy atom. The molecule has 0 fully saturated rings. The third kappa shape index (κ3) is 1.97.